The number of nitrogens with zero attached hydrogens (tertiary/aromatic N) is 4. The van der Waals surface area contributed by atoms with Crippen LogP contribution in [-0.4, -0.2) is 49.3 Å². The number of rotatable bonds is 4. The maximum absolute atomic E-state index is 12.5. The molecule has 0 spiro atoms. The van der Waals surface area contributed by atoms with Gasteiger partial charge in [-0.15, -0.1) is 0 Å². The van der Waals surface area contributed by atoms with Crippen molar-refractivity contribution in [1.29, 1.82) is 0 Å². The van der Waals surface area contributed by atoms with Crippen LogP contribution in [0.15, 0.2) is 30.7 Å². The zero-order chi connectivity index (χ0) is 15.0. The molecule has 3 rings (SSSR count). The lowest BCUT2D eigenvalue weighted by molar-refractivity contribution is -0.139. The summed E-state index contributed by atoms with van der Waals surface area (Å²) in [5.41, 5.74) is 0.530. The van der Waals surface area contributed by atoms with E-state index in [0.717, 1.165) is 0 Å². The van der Waals surface area contributed by atoms with Crippen molar-refractivity contribution in [3.05, 3.63) is 36.3 Å². The van der Waals surface area contributed by atoms with Crippen molar-refractivity contribution in [2.45, 2.75) is 6.42 Å². The lowest BCUT2D eigenvalue weighted by atomic mass is 9.96. The Labute approximate surface area is 121 Å². The second kappa shape index (κ2) is 5.08. The Morgan fingerprint density at radius 2 is 2.00 bits per heavy atom. The third kappa shape index (κ3) is 2.42. The molecule has 1 saturated heterocycles. The number of carbonyl (C=O) groups is 2. The average molecular weight is 288 g/mol. The van der Waals surface area contributed by atoms with Crippen molar-refractivity contribution in [3.8, 4) is 5.82 Å². The quantitative estimate of drug-likeness (QED) is 0.900. The average Bonchev–Trinajstić information content (AvgIpc) is 3.00. The Kier molecular flexibility index (Phi) is 3.25. The van der Waals surface area contributed by atoms with Crippen molar-refractivity contribution in [1.82, 2.24) is 19.2 Å². The third-order valence-electron chi connectivity index (χ3n) is 3.69. The zero-order valence-corrected chi connectivity index (χ0v) is 11.6. The van der Waals surface area contributed by atoms with Crippen LogP contribution in [0.1, 0.15) is 16.8 Å². The Bertz CT molecular complexity index is 668. The Morgan fingerprint density at radius 3 is 2.62 bits per heavy atom. The molecule has 2 aromatic rings. The molecule has 1 aliphatic heterocycles. The molecule has 0 bridgehead atoms. The van der Waals surface area contributed by atoms with Gasteiger partial charge >= 0.3 is 5.97 Å². The summed E-state index contributed by atoms with van der Waals surface area (Å²) in [6, 6.07) is 3.77. The van der Waals surface area contributed by atoms with E-state index >= 15 is 0 Å². The molecule has 7 heteroatoms. The van der Waals surface area contributed by atoms with Crippen LogP contribution < -0.4 is 0 Å². The van der Waals surface area contributed by atoms with Crippen molar-refractivity contribution >= 4 is 11.9 Å². The predicted octanol–water partition coefficient (Wildman–Crippen LogP) is 0.757. The summed E-state index contributed by atoms with van der Waals surface area (Å²) in [4.78, 5) is 24.8. The lowest BCUT2D eigenvalue weighted by Crippen LogP contribution is -2.50. The molecule has 21 heavy (non-hydrogen) atoms. The maximum Gasteiger partial charge on any atom is 0.303 e. The molecule has 0 aliphatic carbocycles. The molecule has 1 N–H and O–H groups in total. The van der Waals surface area contributed by atoms with E-state index in [2.05, 4.69) is 5.10 Å². The molecule has 0 unspecified atom stereocenters. The molecule has 2 aromatic heterocycles. The molecule has 110 valence electrons. The second-order valence-corrected chi connectivity index (χ2v) is 5.27. The van der Waals surface area contributed by atoms with Crippen LogP contribution in [0, 0.1) is 5.92 Å². The van der Waals surface area contributed by atoms with Crippen molar-refractivity contribution in [3.63, 3.8) is 0 Å². The summed E-state index contributed by atoms with van der Waals surface area (Å²) in [7, 11) is 1.79. The van der Waals surface area contributed by atoms with E-state index < -0.39 is 5.97 Å². The molecule has 3 heterocycles. The molecule has 0 aromatic carbocycles. The highest BCUT2D eigenvalue weighted by molar-refractivity contribution is 5.97. The van der Waals surface area contributed by atoms with E-state index in [1.807, 2.05) is 29.1 Å². The van der Waals surface area contributed by atoms with Crippen LogP contribution in [0.3, 0.4) is 0 Å². The minimum Gasteiger partial charge on any atom is -0.481 e. The molecule has 7 nitrogen and oxygen atoms in total. The van der Waals surface area contributed by atoms with E-state index in [4.69, 9.17) is 5.11 Å². The molecule has 0 atom stereocenters. The SMILES string of the molecule is Cn1ncc(C(=O)N2CC(CC(=O)O)C2)c1-n1cccc1. The molecule has 1 amide bonds. The topological polar surface area (TPSA) is 80.4 Å². The number of aromatic nitrogens is 3. The first kappa shape index (κ1) is 13.4. The van der Waals surface area contributed by atoms with E-state index in [1.165, 1.54) is 0 Å². The normalized spacial score (nSPS) is 15.0. The van der Waals surface area contributed by atoms with Gasteiger partial charge in [0.15, 0.2) is 0 Å². The number of hydrogen-bond acceptors (Lipinski definition) is 3. The van der Waals surface area contributed by atoms with Gasteiger partial charge in [0.1, 0.15) is 11.4 Å². The minimum atomic E-state index is -0.818. The van der Waals surface area contributed by atoms with Crippen molar-refractivity contribution in [2.24, 2.45) is 13.0 Å². The van der Waals surface area contributed by atoms with Gasteiger partial charge in [-0.25, -0.2) is 0 Å². The largest absolute Gasteiger partial charge is 0.481 e. The second-order valence-electron chi connectivity index (χ2n) is 5.27. The standard InChI is InChI=1S/C14H16N4O3/c1-16-13(17-4-2-3-5-17)11(7-15-16)14(21)18-8-10(9-18)6-12(19)20/h2-5,7,10H,6,8-9H2,1H3,(H,19,20). The van der Waals surface area contributed by atoms with Gasteiger partial charge in [0.25, 0.3) is 5.91 Å². The smallest absolute Gasteiger partial charge is 0.303 e. The fraction of sp³-hybridized carbons (Fsp3) is 0.357. The number of amides is 1. The summed E-state index contributed by atoms with van der Waals surface area (Å²) >= 11 is 0. The summed E-state index contributed by atoms with van der Waals surface area (Å²) in [6.07, 6.45) is 5.39. The number of aryl methyl sites for hydroxylation is 1. The fourth-order valence-corrected chi connectivity index (χ4v) is 2.65. The van der Waals surface area contributed by atoms with Gasteiger partial charge in [0, 0.05) is 38.4 Å². The lowest BCUT2D eigenvalue weighted by Gasteiger charge is -2.38. The van der Waals surface area contributed by atoms with Crippen molar-refractivity contribution < 1.29 is 14.7 Å². The highest BCUT2D eigenvalue weighted by atomic mass is 16.4. The minimum absolute atomic E-state index is 0.0538. The number of aliphatic carboxylic acids is 1. The molecular weight excluding hydrogens is 272 g/mol. The summed E-state index contributed by atoms with van der Waals surface area (Å²) in [6.45, 7) is 0.982. The molecule has 1 fully saturated rings. The Hall–Kier alpha value is -2.57. The van der Waals surface area contributed by atoms with E-state index in [1.54, 1.807) is 22.8 Å². The highest BCUT2D eigenvalue weighted by Crippen LogP contribution is 2.24. The van der Waals surface area contributed by atoms with E-state index in [-0.39, 0.29) is 18.2 Å². The number of carboxylic acids is 1. The number of carboxylic acid groups (broad SMARTS) is 1. The van der Waals surface area contributed by atoms with Gasteiger partial charge in [-0.05, 0) is 12.1 Å². The Morgan fingerprint density at radius 1 is 1.33 bits per heavy atom. The first-order valence-electron chi connectivity index (χ1n) is 6.72. The Balaban J connectivity index is 1.77. The summed E-state index contributed by atoms with van der Waals surface area (Å²) in [5, 5.41) is 12.9. The van der Waals surface area contributed by atoms with Gasteiger partial charge in [0.2, 0.25) is 0 Å². The molecule has 0 saturated carbocycles. The third-order valence-corrected chi connectivity index (χ3v) is 3.69. The van der Waals surface area contributed by atoms with Gasteiger partial charge in [-0.2, -0.15) is 5.10 Å². The maximum atomic E-state index is 12.5. The van der Waals surface area contributed by atoms with Gasteiger partial charge in [-0.3, -0.25) is 14.3 Å². The first-order valence-corrected chi connectivity index (χ1v) is 6.72. The fourth-order valence-electron chi connectivity index (χ4n) is 2.65. The number of carbonyl (C=O) groups excluding carboxylic acids is 1. The van der Waals surface area contributed by atoms with Crippen LogP contribution in [0.2, 0.25) is 0 Å². The van der Waals surface area contributed by atoms with Gasteiger partial charge < -0.3 is 14.6 Å². The summed E-state index contributed by atoms with van der Waals surface area (Å²) in [5.74, 6) is -0.153. The van der Waals surface area contributed by atoms with Crippen LogP contribution in [0.5, 0.6) is 0 Å². The monoisotopic (exact) mass is 288 g/mol. The van der Waals surface area contributed by atoms with Crippen LogP contribution in [0.4, 0.5) is 0 Å². The van der Waals surface area contributed by atoms with E-state index in [9.17, 15) is 9.59 Å². The zero-order valence-electron chi connectivity index (χ0n) is 11.6. The van der Waals surface area contributed by atoms with Crippen LogP contribution in [0.25, 0.3) is 5.82 Å². The van der Waals surface area contributed by atoms with Crippen LogP contribution in [-0.2, 0) is 11.8 Å². The first-order chi connectivity index (χ1) is 10.1. The van der Waals surface area contributed by atoms with Gasteiger partial charge in [0.05, 0.1) is 12.6 Å². The number of hydrogen-bond donors (Lipinski definition) is 1. The van der Waals surface area contributed by atoms with Crippen LogP contribution >= 0.6 is 0 Å². The molecule has 0 radical (unpaired) electrons. The highest BCUT2D eigenvalue weighted by Gasteiger charge is 2.34. The van der Waals surface area contributed by atoms with E-state index in [0.29, 0.717) is 24.5 Å². The summed E-state index contributed by atoms with van der Waals surface area (Å²) < 4.78 is 3.50. The van der Waals surface area contributed by atoms with Crippen molar-refractivity contribution in [2.75, 3.05) is 13.1 Å². The molecule has 1 aliphatic rings. The predicted molar refractivity (Wildman–Crippen MR) is 74.2 cm³/mol. The number of likely N-dealkylation sites (tertiary alicyclic amines) is 1. The van der Waals surface area contributed by atoms with Gasteiger partial charge in [-0.1, -0.05) is 0 Å². The molecular formula is C14H16N4O3.